The van der Waals surface area contributed by atoms with Gasteiger partial charge < -0.3 is 13.9 Å². The molecular weight excluding hydrogens is 561 g/mol. The van der Waals surface area contributed by atoms with Gasteiger partial charge in [-0.15, -0.1) is 0 Å². The molecule has 2 heterocycles. The van der Waals surface area contributed by atoms with Crippen molar-refractivity contribution in [1.29, 1.82) is 0 Å². The third-order valence-electron chi connectivity index (χ3n) is 9.89. The van der Waals surface area contributed by atoms with Gasteiger partial charge in [0.1, 0.15) is 11.9 Å². The number of hydrogen-bond acceptors (Lipinski definition) is 4. The molecule has 44 heavy (non-hydrogen) atoms. The Morgan fingerprint density at radius 1 is 0.750 bits per heavy atom. The molecule has 0 bridgehead atoms. The molecule has 4 nitrogen and oxygen atoms in total. The molecule has 248 valence electrons. The van der Waals surface area contributed by atoms with Gasteiger partial charge in [-0.3, -0.25) is 0 Å². The summed E-state index contributed by atoms with van der Waals surface area (Å²) in [7, 11) is 0.522. The Hall–Kier alpha value is -1.19. The fourth-order valence-corrected chi connectivity index (χ4v) is 10.3. The van der Waals surface area contributed by atoms with Crippen LogP contribution in [0.4, 0.5) is 0 Å². The highest BCUT2D eigenvalue weighted by Gasteiger charge is 2.52. The molecule has 4 rings (SSSR count). The number of hydrogen-bond donors (Lipinski definition) is 0. The maximum Gasteiger partial charge on any atom is 0.234 e. The van der Waals surface area contributed by atoms with E-state index in [0.717, 1.165) is 31.4 Å². The Balaban J connectivity index is 2.04. The largest absolute Gasteiger partial charge is 0.450 e. The van der Waals surface area contributed by atoms with Crippen LogP contribution >= 0.6 is 8.38 Å². The normalized spacial score (nSPS) is 29.1. The summed E-state index contributed by atoms with van der Waals surface area (Å²) in [5.74, 6) is 1.09. The molecule has 0 spiro atoms. The van der Waals surface area contributed by atoms with Crippen molar-refractivity contribution in [3.63, 3.8) is 0 Å². The van der Waals surface area contributed by atoms with Crippen LogP contribution in [0.25, 0.3) is 0 Å². The molecule has 2 unspecified atom stereocenters. The molecule has 0 aromatic carbocycles. The standard InChI is InChI=1S/C39H64NO3P/c1-34(2,3)25-18-19-28-29-21-26(35(4,5)6)22-31(36(7,8)9)32(29)42-44(43-33(30(28)20-25)37(10,11)12)27-23-38(13,14)40(41-17)39(15,16)24-27/h20-22,27,32H,18-19,23-24H2,1-17H3/b29-28-,33-30?. The highest BCUT2D eigenvalue weighted by molar-refractivity contribution is 7.48. The minimum Gasteiger partial charge on any atom is -0.450 e. The Kier molecular flexibility index (Phi) is 9.32. The van der Waals surface area contributed by atoms with E-state index in [2.05, 4.69) is 134 Å². The van der Waals surface area contributed by atoms with Crippen LogP contribution in [0.2, 0.25) is 0 Å². The molecule has 5 heteroatoms. The Morgan fingerprint density at radius 2 is 1.32 bits per heavy atom. The maximum atomic E-state index is 7.52. The summed E-state index contributed by atoms with van der Waals surface area (Å²) < 4.78 is 14.9. The zero-order chi connectivity index (χ0) is 33.4. The van der Waals surface area contributed by atoms with Gasteiger partial charge in [0, 0.05) is 27.7 Å². The van der Waals surface area contributed by atoms with Crippen molar-refractivity contribution < 1.29 is 13.9 Å². The van der Waals surface area contributed by atoms with Gasteiger partial charge in [0.2, 0.25) is 8.38 Å². The number of nitrogens with zero attached hydrogens (tertiary/aromatic N) is 1. The van der Waals surface area contributed by atoms with Gasteiger partial charge in [-0.25, -0.2) is 0 Å². The first-order chi connectivity index (χ1) is 19.8. The number of fused-ring (bicyclic) bond motifs is 2. The molecule has 1 saturated heterocycles. The van der Waals surface area contributed by atoms with Crippen LogP contribution in [0.15, 0.2) is 57.4 Å². The van der Waals surface area contributed by atoms with Crippen molar-refractivity contribution in [2.45, 2.75) is 159 Å². The predicted octanol–water partition coefficient (Wildman–Crippen LogP) is 11.6. The summed E-state index contributed by atoms with van der Waals surface area (Å²) in [4.78, 5) is 6.00. The van der Waals surface area contributed by atoms with Gasteiger partial charge in [-0.2, -0.15) is 5.06 Å². The molecule has 0 saturated carbocycles. The van der Waals surface area contributed by atoms with Crippen molar-refractivity contribution >= 4 is 8.38 Å². The zero-order valence-electron chi connectivity index (χ0n) is 31.3. The van der Waals surface area contributed by atoms with Gasteiger partial charge in [0.15, 0.2) is 0 Å². The summed E-state index contributed by atoms with van der Waals surface area (Å²) in [5.41, 5.74) is 8.15. The van der Waals surface area contributed by atoms with Gasteiger partial charge in [-0.1, -0.05) is 107 Å². The van der Waals surface area contributed by atoms with Crippen molar-refractivity contribution in [2.24, 2.45) is 21.7 Å². The first-order valence-electron chi connectivity index (χ1n) is 16.9. The quantitative estimate of drug-likeness (QED) is 0.286. The molecule has 2 aliphatic heterocycles. The zero-order valence-corrected chi connectivity index (χ0v) is 32.2. The van der Waals surface area contributed by atoms with E-state index in [4.69, 9.17) is 13.9 Å². The first kappa shape index (κ1) is 35.7. The fourth-order valence-electron chi connectivity index (χ4n) is 7.74. The SMILES string of the molecule is CON1C(C)(C)CC(P2OC(C(C)(C)C)=C3C=C(C(C)(C)C)CC/C3=C3\C=C(C(C)(C)C)C=C(C(C)(C)C)C3O2)CC1(C)C. The van der Waals surface area contributed by atoms with Crippen LogP contribution in [0, 0.1) is 21.7 Å². The minimum absolute atomic E-state index is 0.0253. The van der Waals surface area contributed by atoms with Crippen molar-refractivity contribution in [3.8, 4) is 0 Å². The second-order valence-electron chi connectivity index (χ2n) is 19.1. The summed E-state index contributed by atoms with van der Waals surface area (Å²) in [6.45, 7) is 37.2. The number of allylic oxidation sites excluding steroid dienone is 7. The van der Waals surface area contributed by atoms with Crippen molar-refractivity contribution in [3.05, 3.63) is 57.4 Å². The molecule has 0 N–H and O–H groups in total. The average molecular weight is 626 g/mol. The first-order valence-corrected chi connectivity index (χ1v) is 18.1. The van der Waals surface area contributed by atoms with Crippen molar-refractivity contribution in [1.82, 2.24) is 5.06 Å². The summed E-state index contributed by atoms with van der Waals surface area (Å²) in [6, 6.07) is 0. The van der Waals surface area contributed by atoms with Crippen LogP contribution < -0.4 is 0 Å². The topological polar surface area (TPSA) is 30.9 Å². The molecule has 1 fully saturated rings. The number of hydroxylamine groups is 2. The number of rotatable bonds is 2. The lowest BCUT2D eigenvalue weighted by Crippen LogP contribution is -2.61. The Morgan fingerprint density at radius 3 is 1.77 bits per heavy atom. The van der Waals surface area contributed by atoms with Gasteiger partial charge in [0.25, 0.3) is 0 Å². The van der Waals surface area contributed by atoms with Crippen LogP contribution in [0.1, 0.15) is 136 Å². The minimum atomic E-state index is -1.29. The molecule has 2 aliphatic carbocycles. The molecule has 0 aromatic heterocycles. The van der Waals surface area contributed by atoms with Crippen LogP contribution in [0.5, 0.6) is 0 Å². The highest BCUT2D eigenvalue weighted by Crippen LogP contribution is 2.62. The molecule has 2 atom stereocenters. The van der Waals surface area contributed by atoms with E-state index < -0.39 is 8.38 Å². The smallest absolute Gasteiger partial charge is 0.234 e. The molecule has 0 aromatic rings. The third kappa shape index (κ3) is 7.05. The van der Waals surface area contributed by atoms with E-state index in [1.807, 2.05) is 7.11 Å². The predicted molar refractivity (Wildman–Crippen MR) is 188 cm³/mol. The summed E-state index contributed by atoms with van der Waals surface area (Å²) >= 11 is 0. The summed E-state index contributed by atoms with van der Waals surface area (Å²) in [6.07, 6.45) is 11.3. The molecule has 4 aliphatic rings. The van der Waals surface area contributed by atoms with Crippen LogP contribution in [-0.4, -0.2) is 35.0 Å². The fraction of sp³-hybridized carbons (Fsp3) is 0.744. The molecule has 0 amide bonds. The molecule has 0 radical (unpaired) electrons. The maximum absolute atomic E-state index is 7.52. The van der Waals surface area contributed by atoms with Gasteiger partial charge in [0.05, 0.1) is 7.11 Å². The van der Waals surface area contributed by atoms with Crippen LogP contribution in [-0.2, 0) is 13.9 Å². The van der Waals surface area contributed by atoms with E-state index in [0.29, 0.717) is 0 Å². The Bertz CT molecular complexity index is 1280. The van der Waals surface area contributed by atoms with Crippen molar-refractivity contribution in [2.75, 3.05) is 7.11 Å². The monoisotopic (exact) mass is 625 g/mol. The number of piperidine rings is 1. The second kappa shape index (κ2) is 11.5. The van der Waals surface area contributed by atoms with E-state index in [1.54, 1.807) is 0 Å². The lowest BCUT2D eigenvalue weighted by Gasteiger charge is -2.54. The lowest BCUT2D eigenvalue weighted by molar-refractivity contribution is -0.263. The van der Waals surface area contributed by atoms with Gasteiger partial charge >= 0.3 is 0 Å². The Labute approximate surface area is 272 Å². The molecular formula is C39H64NO3P. The second-order valence-corrected chi connectivity index (χ2v) is 20.8. The average Bonchev–Trinajstić information content (AvgIpc) is 2.80. The lowest BCUT2D eigenvalue weighted by atomic mass is 9.69. The summed E-state index contributed by atoms with van der Waals surface area (Å²) in [5, 5.41) is 2.20. The van der Waals surface area contributed by atoms with E-state index in [9.17, 15) is 0 Å². The van der Waals surface area contributed by atoms with Crippen LogP contribution in [0.3, 0.4) is 0 Å². The van der Waals surface area contributed by atoms with Gasteiger partial charge in [-0.05, 0) is 91.9 Å². The third-order valence-corrected chi connectivity index (χ3v) is 11.6. The van der Waals surface area contributed by atoms with E-state index in [-0.39, 0.29) is 44.5 Å². The van der Waals surface area contributed by atoms with E-state index in [1.165, 1.54) is 33.4 Å². The van der Waals surface area contributed by atoms with E-state index >= 15 is 0 Å². The highest BCUT2D eigenvalue weighted by atomic mass is 31.2.